The molecule has 21 heavy (non-hydrogen) atoms. The quantitative estimate of drug-likeness (QED) is 0.710. The first-order valence-corrected chi connectivity index (χ1v) is 6.46. The summed E-state index contributed by atoms with van der Waals surface area (Å²) in [6.45, 7) is 0. The first-order chi connectivity index (χ1) is 10.0. The van der Waals surface area contributed by atoms with Crippen molar-refractivity contribution in [3.8, 4) is 0 Å². The molecule has 1 heterocycles. The number of carbonyl (C=O) groups is 1. The average Bonchev–Trinajstić information content (AvgIpc) is 2.88. The molecule has 3 rings (SSSR count). The van der Waals surface area contributed by atoms with E-state index in [1.165, 1.54) is 17.0 Å². The summed E-state index contributed by atoms with van der Waals surface area (Å²) < 4.78 is 13.2. The molecular weight excluding hydrogens is 269 g/mol. The molecule has 1 amide bonds. The van der Waals surface area contributed by atoms with Gasteiger partial charge < -0.3 is 15.6 Å². The van der Waals surface area contributed by atoms with E-state index in [0.29, 0.717) is 17.1 Å². The lowest BCUT2D eigenvalue weighted by atomic mass is 10.2. The van der Waals surface area contributed by atoms with E-state index in [-0.39, 0.29) is 11.7 Å². The number of anilines is 2. The van der Waals surface area contributed by atoms with Gasteiger partial charge in [0.2, 0.25) is 0 Å². The van der Waals surface area contributed by atoms with Gasteiger partial charge in [0.05, 0.1) is 0 Å². The number of carbonyl (C=O) groups excluding carboxylic acids is 1. The summed E-state index contributed by atoms with van der Waals surface area (Å²) in [7, 11) is 1.61. The molecule has 3 aromatic rings. The highest BCUT2D eigenvalue weighted by atomic mass is 19.1. The number of aromatic amines is 1. The molecule has 3 N–H and O–H groups in total. The fourth-order valence-corrected chi connectivity index (χ4v) is 2.25. The van der Waals surface area contributed by atoms with Gasteiger partial charge in [-0.15, -0.1) is 0 Å². The number of nitrogens with one attached hydrogen (secondary N) is 1. The van der Waals surface area contributed by atoms with Crippen molar-refractivity contribution < 1.29 is 9.18 Å². The highest BCUT2D eigenvalue weighted by molar-refractivity contribution is 6.07. The summed E-state index contributed by atoms with van der Waals surface area (Å²) in [5, 5.41) is 0.867. The van der Waals surface area contributed by atoms with Crippen molar-refractivity contribution in [2.24, 2.45) is 0 Å². The molecule has 106 valence electrons. The number of aromatic nitrogens is 1. The second kappa shape index (κ2) is 4.94. The number of rotatable bonds is 2. The monoisotopic (exact) mass is 283 g/mol. The topological polar surface area (TPSA) is 62.1 Å². The van der Waals surface area contributed by atoms with E-state index >= 15 is 0 Å². The van der Waals surface area contributed by atoms with Crippen molar-refractivity contribution in [3.05, 3.63) is 60.0 Å². The summed E-state index contributed by atoms with van der Waals surface area (Å²) in [4.78, 5) is 16.9. The Morgan fingerprint density at radius 3 is 2.76 bits per heavy atom. The summed E-state index contributed by atoms with van der Waals surface area (Å²) in [5.74, 6) is -0.619. The number of nitrogen functional groups attached to an aromatic ring is 1. The van der Waals surface area contributed by atoms with Crippen molar-refractivity contribution in [2.75, 3.05) is 17.7 Å². The van der Waals surface area contributed by atoms with Gasteiger partial charge in [0.15, 0.2) is 0 Å². The van der Waals surface area contributed by atoms with Crippen LogP contribution in [-0.4, -0.2) is 17.9 Å². The number of benzene rings is 2. The molecule has 1 aromatic heterocycles. The molecule has 0 atom stereocenters. The number of nitrogens with zero attached hydrogens (tertiary/aromatic N) is 1. The van der Waals surface area contributed by atoms with Crippen LogP contribution < -0.4 is 10.6 Å². The van der Waals surface area contributed by atoms with Crippen molar-refractivity contribution in [2.45, 2.75) is 0 Å². The number of hydrogen-bond acceptors (Lipinski definition) is 2. The van der Waals surface area contributed by atoms with Crippen molar-refractivity contribution in [1.82, 2.24) is 4.98 Å². The maximum absolute atomic E-state index is 13.2. The van der Waals surface area contributed by atoms with Crippen LogP contribution in [0.3, 0.4) is 0 Å². The summed E-state index contributed by atoms with van der Waals surface area (Å²) in [5.41, 5.74) is 8.13. The molecule has 2 aromatic carbocycles. The van der Waals surface area contributed by atoms with Crippen molar-refractivity contribution in [1.29, 1.82) is 0 Å². The molecule has 0 saturated carbocycles. The van der Waals surface area contributed by atoms with E-state index < -0.39 is 0 Å². The van der Waals surface area contributed by atoms with Crippen LogP contribution in [-0.2, 0) is 0 Å². The number of fused-ring (bicyclic) bond motifs is 1. The van der Waals surface area contributed by atoms with Crippen LogP contribution in [0.5, 0.6) is 0 Å². The van der Waals surface area contributed by atoms with Gasteiger partial charge in [0, 0.05) is 29.3 Å². The van der Waals surface area contributed by atoms with Gasteiger partial charge in [-0.2, -0.15) is 0 Å². The number of H-pyrrole nitrogens is 1. The molecule has 0 radical (unpaired) electrons. The Labute approximate surface area is 121 Å². The lowest BCUT2D eigenvalue weighted by Crippen LogP contribution is -2.26. The van der Waals surface area contributed by atoms with Gasteiger partial charge in [0.25, 0.3) is 5.91 Å². The maximum Gasteiger partial charge on any atom is 0.274 e. The Bertz CT molecular complexity index is 825. The van der Waals surface area contributed by atoms with Crippen LogP contribution >= 0.6 is 0 Å². The molecule has 4 nitrogen and oxygen atoms in total. The standard InChI is InChI=1S/C16H14FN3O/c1-20(13-4-2-3-11(17)9-13)16(21)15-8-10-7-12(18)5-6-14(10)19-15/h2-9,19H,18H2,1H3. The zero-order valence-electron chi connectivity index (χ0n) is 11.4. The maximum atomic E-state index is 13.2. The lowest BCUT2D eigenvalue weighted by molar-refractivity contribution is 0.0989. The predicted molar refractivity (Wildman–Crippen MR) is 81.8 cm³/mol. The van der Waals surface area contributed by atoms with Crippen molar-refractivity contribution >= 4 is 28.2 Å². The second-order valence-electron chi connectivity index (χ2n) is 4.87. The number of hydrogen-bond donors (Lipinski definition) is 2. The van der Waals surface area contributed by atoms with Gasteiger partial charge >= 0.3 is 0 Å². The van der Waals surface area contributed by atoms with E-state index in [1.807, 2.05) is 6.07 Å². The first-order valence-electron chi connectivity index (χ1n) is 6.46. The molecule has 0 aliphatic rings. The Balaban J connectivity index is 1.96. The van der Waals surface area contributed by atoms with Crippen LogP contribution in [0.25, 0.3) is 10.9 Å². The SMILES string of the molecule is CN(C(=O)c1cc2cc(N)ccc2[nH]1)c1cccc(F)c1. The molecular formula is C16H14FN3O. The van der Waals surface area contributed by atoms with Gasteiger partial charge in [-0.25, -0.2) is 4.39 Å². The van der Waals surface area contributed by atoms with Crippen molar-refractivity contribution in [3.63, 3.8) is 0 Å². The van der Waals surface area contributed by atoms with Crippen LogP contribution in [0.15, 0.2) is 48.5 Å². The minimum Gasteiger partial charge on any atom is -0.399 e. The van der Waals surface area contributed by atoms with Crippen LogP contribution in [0.4, 0.5) is 15.8 Å². The van der Waals surface area contributed by atoms with E-state index in [0.717, 1.165) is 10.9 Å². The number of amides is 1. The van der Waals surface area contributed by atoms with E-state index in [2.05, 4.69) is 4.98 Å². The lowest BCUT2D eigenvalue weighted by Gasteiger charge is -2.16. The van der Waals surface area contributed by atoms with E-state index in [4.69, 9.17) is 5.73 Å². The first kappa shape index (κ1) is 13.2. The van der Waals surface area contributed by atoms with Gasteiger partial charge in [-0.3, -0.25) is 4.79 Å². The summed E-state index contributed by atoms with van der Waals surface area (Å²) in [6.07, 6.45) is 0. The third kappa shape index (κ3) is 2.45. The highest BCUT2D eigenvalue weighted by Crippen LogP contribution is 2.21. The van der Waals surface area contributed by atoms with Crippen LogP contribution in [0, 0.1) is 5.82 Å². The normalized spacial score (nSPS) is 10.8. The molecule has 0 unspecified atom stereocenters. The van der Waals surface area contributed by atoms with Gasteiger partial charge in [-0.05, 0) is 42.5 Å². The average molecular weight is 283 g/mol. The molecule has 0 aliphatic carbocycles. The molecule has 0 spiro atoms. The zero-order chi connectivity index (χ0) is 15.0. The second-order valence-corrected chi connectivity index (χ2v) is 4.87. The third-order valence-electron chi connectivity index (χ3n) is 3.38. The third-order valence-corrected chi connectivity index (χ3v) is 3.38. The van der Waals surface area contributed by atoms with Gasteiger partial charge in [0.1, 0.15) is 11.5 Å². The Morgan fingerprint density at radius 1 is 1.19 bits per heavy atom. The molecule has 5 heteroatoms. The molecule has 0 bridgehead atoms. The largest absolute Gasteiger partial charge is 0.399 e. The number of halogens is 1. The molecule has 0 fully saturated rings. The zero-order valence-corrected chi connectivity index (χ0v) is 11.4. The summed E-state index contributed by atoms with van der Waals surface area (Å²) in [6, 6.07) is 13.0. The van der Waals surface area contributed by atoms with Gasteiger partial charge in [-0.1, -0.05) is 6.07 Å². The minimum absolute atomic E-state index is 0.240. The van der Waals surface area contributed by atoms with Crippen LogP contribution in [0.2, 0.25) is 0 Å². The number of nitrogens with two attached hydrogens (primary N) is 1. The Kier molecular flexibility index (Phi) is 3.10. The fourth-order valence-electron chi connectivity index (χ4n) is 2.25. The Hall–Kier alpha value is -2.82. The van der Waals surface area contributed by atoms with E-state index in [1.54, 1.807) is 37.4 Å². The predicted octanol–water partition coefficient (Wildman–Crippen LogP) is 3.17. The molecule has 0 aliphatic heterocycles. The highest BCUT2D eigenvalue weighted by Gasteiger charge is 2.16. The smallest absolute Gasteiger partial charge is 0.274 e. The van der Waals surface area contributed by atoms with Crippen LogP contribution in [0.1, 0.15) is 10.5 Å². The van der Waals surface area contributed by atoms with E-state index in [9.17, 15) is 9.18 Å². The fraction of sp³-hybridized carbons (Fsp3) is 0.0625. The summed E-state index contributed by atoms with van der Waals surface area (Å²) >= 11 is 0. The molecule has 0 saturated heterocycles. The minimum atomic E-state index is -0.378. The Morgan fingerprint density at radius 2 is 2.00 bits per heavy atom.